The zero-order chi connectivity index (χ0) is 86.5. The lowest BCUT2D eigenvalue weighted by Gasteiger charge is -2.26. The zero-order valence-corrected chi connectivity index (χ0v) is 72.2. The molecular formula is C122H83AlN4O3. The van der Waals surface area contributed by atoms with Gasteiger partial charge in [0, 0.05) is 57.7 Å². The third-order valence-electron chi connectivity index (χ3n) is 24.8. The smallest absolute Gasteiger partial charge is 0.576 e. The lowest BCUT2D eigenvalue weighted by atomic mass is 9.83. The minimum atomic E-state index is -2.86. The lowest BCUT2D eigenvalue weighted by molar-refractivity contribution is 0.311. The Morgan fingerprint density at radius 3 is 0.969 bits per heavy atom. The van der Waals surface area contributed by atoms with E-state index < -0.39 is 15.1 Å². The molecule has 0 aliphatic heterocycles. The molecule has 0 spiro atoms. The van der Waals surface area contributed by atoms with Gasteiger partial charge in [0.25, 0.3) is 0 Å². The molecule has 3 aromatic heterocycles. The second-order valence-corrected chi connectivity index (χ2v) is 34.1. The van der Waals surface area contributed by atoms with Crippen LogP contribution < -0.4 is 16.3 Å². The summed E-state index contributed by atoms with van der Waals surface area (Å²) < 4.78 is 19.2. The van der Waals surface area contributed by atoms with E-state index >= 15 is 0 Å². The molecule has 24 rings (SSSR count). The number of hydrogen-bond donors (Lipinski definition) is 0. The van der Waals surface area contributed by atoms with Gasteiger partial charge >= 0.3 is 15.1 Å². The number of hydrogen-bond acceptors (Lipinski definition) is 7. The maximum absolute atomic E-state index is 6.41. The predicted molar refractivity (Wildman–Crippen MR) is 546 cm³/mol. The summed E-state index contributed by atoms with van der Waals surface area (Å²) in [4.78, 5) is 15.9. The topological polar surface area (TPSA) is 69.6 Å². The first-order valence-electron chi connectivity index (χ1n) is 44.1. The van der Waals surface area contributed by atoms with Crippen molar-refractivity contribution in [2.45, 2.75) is 5.92 Å². The molecule has 21 aromatic carbocycles. The maximum Gasteiger partial charge on any atom is 1.20 e. The SMILES string of the molecule is C(=Cc1ccc(N(c2ccc3ccccc3c2)c2ccc3ccccc3c2)cc1)c1ccc(C(c2ccc3ccccc3c2)c2ccc3ccccc3c2)cc1.c1ccc2cc(-c3c4ccccc4c(-c4ccc(-c5cccc6ccccc56)cc4)c4ccccc34)ccc2c1.c1cnc2c([O][Al]([O]c3cccc4cccnc34)[O]c3cccc4cccnc34)cccc2c1. The highest BCUT2D eigenvalue weighted by atomic mass is 27.3. The molecule has 612 valence electrons. The fraction of sp³-hybridized carbons (Fsp3) is 0.00820. The summed E-state index contributed by atoms with van der Waals surface area (Å²) in [5, 5.41) is 23.1. The van der Waals surface area contributed by atoms with Crippen LogP contribution in [0.25, 0.3) is 164 Å². The average Bonchev–Trinajstić information content (AvgIpc) is 0.729. The molecular weight excluding hydrogens is 1600 g/mol. The van der Waals surface area contributed by atoms with Gasteiger partial charge in [0.1, 0.15) is 33.8 Å². The van der Waals surface area contributed by atoms with Crippen LogP contribution in [-0.4, -0.2) is 30.1 Å². The van der Waals surface area contributed by atoms with Crippen LogP contribution in [0.2, 0.25) is 0 Å². The van der Waals surface area contributed by atoms with Gasteiger partial charge < -0.3 is 16.3 Å². The highest BCUT2D eigenvalue weighted by Crippen LogP contribution is 2.47. The Bertz CT molecular complexity index is 7750. The van der Waals surface area contributed by atoms with Crippen LogP contribution in [0, 0.1) is 0 Å². The summed E-state index contributed by atoms with van der Waals surface area (Å²) in [6.07, 6.45) is 9.66. The van der Waals surface area contributed by atoms with E-state index in [1.54, 1.807) is 18.6 Å². The number of fused-ring (bicyclic) bond motifs is 11. The van der Waals surface area contributed by atoms with Crippen molar-refractivity contribution < 1.29 is 11.4 Å². The van der Waals surface area contributed by atoms with Crippen molar-refractivity contribution in [3.63, 3.8) is 0 Å². The standard InChI is InChI=1S/C55H39N.C40H26.3C9H7NO.Al/c1-5-13-46-35-50(27-25-41(46)9-1)55(51-28-26-42-10-2-6-14-47(42)36-51)45-23-19-39(20-24-45)17-18-40-21-31-52(32-22-40)56(53-33-29-43-11-3-7-15-48(43)37-53)54-34-30-44-12-4-8-16-49(44)38-54;1-2-12-31-26-32(25-20-27(31)10-1)40-37-17-7-5-15-35(37)39(36-16-6-8-18-38(36)40)30-23-21-29(22-24-30)34-19-9-13-28-11-3-4-14-33(28)34;3*11-8-5-1-3-7-4-2-6-10-9(7)8;/h1-38,55H;1-26H;3*1-6,11H;/q;;;;;+3/p-3. The number of rotatable bonds is 17. The fourth-order valence-corrected chi connectivity index (χ4v) is 19.8. The molecule has 0 bridgehead atoms. The van der Waals surface area contributed by atoms with Crippen LogP contribution >= 0.6 is 0 Å². The van der Waals surface area contributed by atoms with Crippen molar-refractivity contribution in [3.05, 3.63) is 514 Å². The number of para-hydroxylation sites is 3. The predicted octanol–water partition coefficient (Wildman–Crippen LogP) is 32.3. The van der Waals surface area contributed by atoms with E-state index in [2.05, 4.69) is 408 Å². The van der Waals surface area contributed by atoms with Crippen LogP contribution in [0.15, 0.2) is 486 Å². The third kappa shape index (κ3) is 16.3. The molecule has 24 aromatic rings. The van der Waals surface area contributed by atoms with E-state index in [1.807, 2.05) is 91.0 Å². The number of pyridine rings is 3. The van der Waals surface area contributed by atoms with Crippen molar-refractivity contribution in [3.8, 4) is 50.6 Å². The first-order valence-corrected chi connectivity index (χ1v) is 45.5. The quantitative estimate of drug-likeness (QED) is 0.0389. The summed E-state index contributed by atoms with van der Waals surface area (Å²) in [6.45, 7) is 0. The normalized spacial score (nSPS) is 11.4. The summed E-state index contributed by atoms with van der Waals surface area (Å²) >= 11 is -2.86. The second kappa shape index (κ2) is 35.8. The van der Waals surface area contributed by atoms with Crippen LogP contribution in [0.5, 0.6) is 17.2 Å². The van der Waals surface area contributed by atoms with Gasteiger partial charge in [0.15, 0.2) is 0 Å². The number of anilines is 3. The minimum absolute atomic E-state index is 0.114. The lowest BCUT2D eigenvalue weighted by Crippen LogP contribution is -2.37. The van der Waals surface area contributed by atoms with Crippen LogP contribution in [-0.2, 0) is 0 Å². The number of nitrogens with zero attached hydrogens (tertiary/aromatic N) is 4. The summed E-state index contributed by atoms with van der Waals surface area (Å²) in [6, 6.07) is 166. The second-order valence-electron chi connectivity index (χ2n) is 32.8. The summed E-state index contributed by atoms with van der Waals surface area (Å²) in [5.74, 6) is 1.94. The van der Waals surface area contributed by atoms with E-state index in [-0.39, 0.29) is 5.92 Å². The molecule has 7 nitrogen and oxygen atoms in total. The average molecular weight is 1680 g/mol. The van der Waals surface area contributed by atoms with Crippen molar-refractivity contribution in [1.82, 2.24) is 15.0 Å². The Hall–Kier alpha value is -16.6. The van der Waals surface area contributed by atoms with Gasteiger partial charge in [0.2, 0.25) is 0 Å². The molecule has 130 heavy (non-hydrogen) atoms. The summed E-state index contributed by atoms with van der Waals surface area (Å²) in [5.41, 5.74) is 19.4. The van der Waals surface area contributed by atoms with Gasteiger partial charge in [-0.25, -0.2) is 0 Å². The van der Waals surface area contributed by atoms with E-state index in [9.17, 15) is 0 Å². The highest BCUT2D eigenvalue weighted by Gasteiger charge is 2.46. The van der Waals surface area contributed by atoms with Crippen molar-refractivity contribution in [2.75, 3.05) is 4.90 Å². The van der Waals surface area contributed by atoms with Crippen LogP contribution in [0.1, 0.15) is 33.7 Å². The number of aromatic nitrogens is 3. The molecule has 0 unspecified atom stereocenters. The van der Waals surface area contributed by atoms with Gasteiger partial charge in [-0.15, -0.1) is 0 Å². The first-order chi connectivity index (χ1) is 64.4. The Kier molecular flexibility index (Phi) is 21.8. The zero-order valence-electron chi connectivity index (χ0n) is 71.0. The first kappa shape index (κ1) is 79.3. The van der Waals surface area contributed by atoms with Crippen LogP contribution in [0.4, 0.5) is 17.1 Å². The molecule has 8 heteroatoms. The minimum Gasteiger partial charge on any atom is -0.576 e. The van der Waals surface area contributed by atoms with Crippen molar-refractivity contribution >= 4 is 163 Å². The van der Waals surface area contributed by atoms with Crippen molar-refractivity contribution in [2.24, 2.45) is 0 Å². The summed E-state index contributed by atoms with van der Waals surface area (Å²) in [7, 11) is 0. The van der Waals surface area contributed by atoms with E-state index in [0.29, 0.717) is 17.2 Å². The third-order valence-corrected chi connectivity index (χ3v) is 26.1. The molecule has 0 aliphatic rings. The molecule has 0 amide bonds. The Labute approximate surface area is 759 Å². The fourth-order valence-electron chi connectivity index (χ4n) is 18.4. The van der Waals surface area contributed by atoms with Crippen molar-refractivity contribution in [1.29, 1.82) is 0 Å². The molecule has 0 aliphatic carbocycles. The Morgan fingerprint density at radius 2 is 0.523 bits per heavy atom. The molecule has 0 saturated carbocycles. The van der Waals surface area contributed by atoms with Gasteiger partial charge in [-0.3, -0.25) is 15.0 Å². The molecule has 3 heterocycles. The number of benzene rings is 21. The largest absolute Gasteiger partial charge is 1.20 e. The van der Waals surface area contributed by atoms with Crippen LogP contribution in [0.3, 0.4) is 0 Å². The van der Waals surface area contributed by atoms with Gasteiger partial charge in [-0.05, 0) is 226 Å². The van der Waals surface area contributed by atoms with E-state index in [1.165, 1.54) is 142 Å². The monoisotopic (exact) mass is 1680 g/mol. The molecule has 0 N–H and O–H groups in total. The maximum atomic E-state index is 6.41. The highest BCUT2D eigenvalue weighted by molar-refractivity contribution is 6.40. The van der Waals surface area contributed by atoms with E-state index in [0.717, 1.165) is 55.3 Å². The van der Waals surface area contributed by atoms with E-state index in [4.69, 9.17) is 11.4 Å². The Morgan fingerprint density at radius 1 is 0.215 bits per heavy atom. The van der Waals surface area contributed by atoms with Gasteiger partial charge in [0.05, 0.1) is 0 Å². The molecule has 0 saturated heterocycles. The van der Waals surface area contributed by atoms with Gasteiger partial charge in [-0.2, -0.15) is 0 Å². The Balaban J connectivity index is 0.000000119. The molecule has 0 fully saturated rings. The van der Waals surface area contributed by atoms with Gasteiger partial charge in [-0.1, -0.05) is 400 Å². The molecule has 0 atom stereocenters. The molecule has 0 radical (unpaired) electrons.